The summed E-state index contributed by atoms with van der Waals surface area (Å²) in [5.74, 6) is -3.27. The van der Waals surface area contributed by atoms with Crippen LogP contribution in [0.15, 0.2) is 53.1 Å². The molecule has 1 aliphatic carbocycles. The standard InChI is InChI=1S/C19H13F4N3O2/c20-14-8-11(6-7-12(14)16-25-18(28-26-16)19(21,22)23)17(27)24-15-9-13(15)10-4-2-1-3-5-10/h1-8,13,15H,9H2,(H,24,27). The van der Waals surface area contributed by atoms with Gasteiger partial charge in [-0.1, -0.05) is 35.5 Å². The summed E-state index contributed by atoms with van der Waals surface area (Å²) >= 11 is 0. The van der Waals surface area contributed by atoms with E-state index in [0.717, 1.165) is 24.1 Å². The van der Waals surface area contributed by atoms with Crippen molar-refractivity contribution in [3.63, 3.8) is 0 Å². The van der Waals surface area contributed by atoms with Gasteiger partial charge in [0.1, 0.15) is 5.82 Å². The lowest BCUT2D eigenvalue weighted by atomic mass is 10.1. The highest BCUT2D eigenvalue weighted by Crippen LogP contribution is 2.40. The van der Waals surface area contributed by atoms with Gasteiger partial charge in [-0.15, -0.1) is 0 Å². The molecule has 0 saturated heterocycles. The fourth-order valence-corrected chi connectivity index (χ4v) is 2.96. The van der Waals surface area contributed by atoms with Gasteiger partial charge in [0.05, 0.1) is 5.56 Å². The Kier molecular flexibility index (Phi) is 4.37. The van der Waals surface area contributed by atoms with Gasteiger partial charge in [-0.3, -0.25) is 4.79 Å². The van der Waals surface area contributed by atoms with E-state index in [1.165, 1.54) is 6.07 Å². The zero-order chi connectivity index (χ0) is 19.9. The third-order valence-electron chi connectivity index (χ3n) is 4.48. The molecular weight excluding hydrogens is 378 g/mol. The number of nitrogens with zero attached hydrogens (tertiary/aromatic N) is 2. The van der Waals surface area contributed by atoms with E-state index in [1.54, 1.807) is 0 Å². The number of halogens is 4. The maximum absolute atomic E-state index is 14.3. The second-order valence-electron chi connectivity index (χ2n) is 6.45. The van der Waals surface area contributed by atoms with Crippen LogP contribution in [0.2, 0.25) is 0 Å². The zero-order valence-corrected chi connectivity index (χ0v) is 14.2. The summed E-state index contributed by atoms with van der Waals surface area (Å²) in [6.45, 7) is 0. The third-order valence-corrected chi connectivity index (χ3v) is 4.48. The molecule has 0 radical (unpaired) electrons. The van der Waals surface area contributed by atoms with Gasteiger partial charge in [0.25, 0.3) is 5.91 Å². The zero-order valence-electron chi connectivity index (χ0n) is 14.2. The number of benzene rings is 2. The van der Waals surface area contributed by atoms with E-state index >= 15 is 0 Å². The van der Waals surface area contributed by atoms with Gasteiger partial charge in [0, 0.05) is 17.5 Å². The number of amides is 1. The molecule has 2 atom stereocenters. The predicted molar refractivity (Wildman–Crippen MR) is 89.7 cm³/mol. The highest BCUT2D eigenvalue weighted by Gasteiger charge is 2.40. The smallest absolute Gasteiger partial charge is 0.349 e. The van der Waals surface area contributed by atoms with E-state index < -0.39 is 29.6 Å². The molecule has 1 fully saturated rings. The molecule has 5 nitrogen and oxygen atoms in total. The van der Waals surface area contributed by atoms with Crippen LogP contribution in [0.3, 0.4) is 0 Å². The molecule has 1 amide bonds. The highest BCUT2D eigenvalue weighted by atomic mass is 19.4. The fourth-order valence-electron chi connectivity index (χ4n) is 2.96. The van der Waals surface area contributed by atoms with Crippen LogP contribution < -0.4 is 5.32 Å². The summed E-state index contributed by atoms with van der Waals surface area (Å²) in [5, 5.41) is 5.97. The lowest BCUT2D eigenvalue weighted by Crippen LogP contribution is -2.26. The molecule has 9 heteroatoms. The summed E-state index contributed by atoms with van der Waals surface area (Å²) in [4.78, 5) is 15.5. The van der Waals surface area contributed by atoms with Crippen molar-refractivity contribution in [1.29, 1.82) is 0 Å². The van der Waals surface area contributed by atoms with Crippen LogP contribution in [0.1, 0.15) is 34.2 Å². The monoisotopic (exact) mass is 391 g/mol. The van der Waals surface area contributed by atoms with Crippen LogP contribution in [-0.4, -0.2) is 22.1 Å². The Labute approximate surface area is 156 Å². The molecule has 1 N–H and O–H groups in total. The van der Waals surface area contributed by atoms with E-state index in [4.69, 9.17) is 0 Å². The van der Waals surface area contributed by atoms with Crippen molar-refractivity contribution in [2.24, 2.45) is 0 Å². The molecule has 0 spiro atoms. The Morgan fingerprint density at radius 3 is 2.54 bits per heavy atom. The van der Waals surface area contributed by atoms with Crippen LogP contribution in [0.25, 0.3) is 11.4 Å². The van der Waals surface area contributed by atoms with Gasteiger partial charge >= 0.3 is 12.1 Å². The van der Waals surface area contributed by atoms with Crippen molar-refractivity contribution in [2.45, 2.75) is 24.6 Å². The molecule has 1 aromatic heterocycles. The van der Waals surface area contributed by atoms with Crippen molar-refractivity contribution in [1.82, 2.24) is 15.5 Å². The molecule has 4 rings (SSSR count). The molecule has 2 aromatic carbocycles. The van der Waals surface area contributed by atoms with Crippen LogP contribution in [-0.2, 0) is 6.18 Å². The van der Waals surface area contributed by atoms with Gasteiger partial charge in [0.15, 0.2) is 0 Å². The van der Waals surface area contributed by atoms with E-state index in [1.807, 2.05) is 30.3 Å². The number of hydrogen-bond acceptors (Lipinski definition) is 4. The van der Waals surface area contributed by atoms with Gasteiger partial charge in [0.2, 0.25) is 5.82 Å². The maximum Gasteiger partial charge on any atom is 0.471 e. The van der Waals surface area contributed by atoms with Gasteiger partial charge < -0.3 is 9.84 Å². The molecule has 3 aromatic rings. The average Bonchev–Trinajstić information content (AvgIpc) is 3.23. The first-order chi connectivity index (χ1) is 13.3. The van der Waals surface area contributed by atoms with Gasteiger partial charge in [-0.05, 0) is 30.2 Å². The fraction of sp³-hybridized carbons (Fsp3) is 0.211. The minimum absolute atomic E-state index is 0.0378. The quantitative estimate of drug-likeness (QED) is 0.678. The largest absolute Gasteiger partial charge is 0.471 e. The van der Waals surface area contributed by atoms with E-state index in [2.05, 4.69) is 20.0 Å². The minimum atomic E-state index is -4.82. The number of carbonyl (C=O) groups excluding carboxylic acids is 1. The molecular formula is C19H13F4N3O2. The van der Waals surface area contributed by atoms with E-state index in [-0.39, 0.29) is 23.1 Å². The molecule has 0 bridgehead atoms. The Morgan fingerprint density at radius 2 is 1.89 bits per heavy atom. The Bertz CT molecular complexity index is 1020. The average molecular weight is 391 g/mol. The lowest BCUT2D eigenvalue weighted by molar-refractivity contribution is -0.159. The van der Waals surface area contributed by atoms with Crippen molar-refractivity contribution in [2.75, 3.05) is 0 Å². The molecule has 0 aliphatic heterocycles. The predicted octanol–water partition coefficient (Wildman–Crippen LogP) is 4.18. The van der Waals surface area contributed by atoms with Crippen molar-refractivity contribution in [3.8, 4) is 11.4 Å². The summed E-state index contributed by atoms with van der Waals surface area (Å²) in [5.41, 5.74) is 0.885. The minimum Gasteiger partial charge on any atom is -0.349 e. The SMILES string of the molecule is O=C(NC1CC1c1ccccc1)c1ccc(-c2noc(C(F)(F)F)n2)c(F)c1. The van der Waals surface area contributed by atoms with E-state index in [9.17, 15) is 22.4 Å². The molecule has 144 valence electrons. The van der Waals surface area contributed by atoms with Crippen molar-refractivity contribution < 1.29 is 26.9 Å². The van der Waals surface area contributed by atoms with Crippen molar-refractivity contribution >= 4 is 5.91 Å². The molecule has 28 heavy (non-hydrogen) atoms. The number of rotatable bonds is 4. The number of alkyl halides is 3. The number of carbonyl (C=O) groups is 1. The number of aromatic nitrogens is 2. The topological polar surface area (TPSA) is 68.0 Å². The van der Waals surface area contributed by atoms with Gasteiger partial charge in [-0.25, -0.2) is 4.39 Å². The first-order valence-corrected chi connectivity index (χ1v) is 8.39. The summed E-state index contributed by atoms with van der Waals surface area (Å²) in [6.07, 6.45) is -4.03. The summed E-state index contributed by atoms with van der Waals surface area (Å²) < 4.78 is 56.0. The van der Waals surface area contributed by atoms with Crippen LogP contribution in [0.5, 0.6) is 0 Å². The highest BCUT2D eigenvalue weighted by molar-refractivity contribution is 5.95. The Balaban J connectivity index is 1.46. The normalized spacial score (nSPS) is 18.7. The second-order valence-corrected chi connectivity index (χ2v) is 6.45. The first kappa shape index (κ1) is 18.1. The third kappa shape index (κ3) is 3.60. The van der Waals surface area contributed by atoms with E-state index in [0.29, 0.717) is 0 Å². The lowest BCUT2D eigenvalue weighted by Gasteiger charge is -2.06. The number of hydrogen-bond donors (Lipinski definition) is 1. The summed E-state index contributed by atoms with van der Waals surface area (Å²) in [6, 6.07) is 13.1. The first-order valence-electron chi connectivity index (χ1n) is 8.39. The maximum atomic E-state index is 14.3. The molecule has 2 unspecified atom stereocenters. The van der Waals surface area contributed by atoms with Crippen LogP contribution in [0, 0.1) is 5.82 Å². The molecule has 1 aliphatic rings. The Hall–Kier alpha value is -3.23. The van der Waals surface area contributed by atoms with Crippen LogP contribution in [0.4, 0.5) is 17.6 Å². The Morgan fingerprint density at radius 1 is 1.14 bits per heavy atom. The molecule has 1 saturated carbocycles. The van der Waals surface area contributed by atoms with Crippen molar-refractivity contribution in [3.05, 3.63) is 71.4 Å². The van der Waals surface area contributed by atoms with Crippen LogP contribution >= 0.6 is 0 Å². The molecule has 1 heterocycles. The number of nitrogens with one attached hydrogen (secondary N) is 1. The summed E-state index contributed by atoms with van der Waals surface area (Å²) in [7, 11) is 0. The van der Waals surface area contributed by atoms with Gasteiger partial charge in [-0.2, -0.15) is 18.2 Å². The second kappa shape index (κ2) is 6.74.